The fourth-order valence-corrected chi connectivity index (χ4v) is 4.20. The zero-order chi connectivity index (χ0) is 17.6. The molecule has 1 aliphatic heterocycles. The molecular weight excluding hydrogens is 298 g/mol. The van der Waals surface area contributed by atoms with Crippen LogP contribution in [0.25, 0.3) is 0 Å². The third kappa shape index (κ3) is 5.57. The lowest BCUT2D eigenvalue weighted by Crippen LogP contribution is -2.39. The van der Waals surface area contributed by atoms with E-state index in [2.05, 4.69) is 39.2 Å². The molecule has 0 aromatic heterocycles. The molecule has 2 aliphatic rings. The molecule has 0 aromatic carbocycles. The summed E-state index contributed by atoms with van der Waals surface area (Å²) in [7, 11) is 0. The average Bonchev–Trinajstić information content (AvgIpc) is 2.92. The fourth-order valence-electron chi connectivity index (χ4n) is 4.20. The molecule has 2 rings (SSSR count). The second-order valence-corrected chi connectivity index (χ2v) is 8.81. The minimum absolute atomic E-state index is 0.261. The van der Waals surface area contributed by atoms with E-state index in [9.17, 15) is 0 Å². The molecule has 1 atom stereocenters. The summed E-state index contributed by atoms with van der Waals surface area (Å²) in [5.41, 5.74) is 0.408. The topological polar surface area (TPSA) is 21.7 Å². The van der Waals surface area contributed by atoms with E-state index < -0.39 is 0 Å². The van der Waals surface area contributed by atoms with Gasteiger partial charge < -0.3 is 14.4 Å². The molecule has 0 aromatic rings. The normalized spacial score (nSPS) is 31.0. The summed E-state index contributed by atoms with van der Waals surface area (Å²) in [6.45, 7) is 17.3. The van der Waals surface area contributed by atoms with Crippen molar-refractivity contribution < 1.29 is 9.47 Å². The summed E-state index contributed by atoms with van der Waals surface area (Å²) in [5, 5.41) is 0. The summed E-state index contributed by atoms with van der Waals surface area (Å²) < 4.78 is 12.6. The number of nitrogens with zero attached hydrogens (tertiary/aromatic N) is 1. The first-order valence-electron chi connectivity index (χ1n) is 10.0. The molecule has 3 nitrogen and oxygen atoms in total. The molecule has 1 saturated carbocycles. The van der Waals surface area contributed by atoms with E-state index in [1.54, 1.807) is 0 Å². The van der Waals surface area contributed by atoms with Crippen LogP contribution in [0.15, 0.2) is 12.7 Å². The second-order valence-electron chi connectivity index (χ2n) is 8.81. The van der Waals surface area contributed by atoms with Crippen LogP contribution in [0, 0.1) is 11.3 Å². The quantitative estimate of drug-likeness (QED) is 0.581. The standard InChI is InChI=1S/C21H39NO2/c1-6-8-15-22(14-7-2)16-11-19-17-23-21(24-19)12-9-18(10-13-21)20(3,4)5/h6,18-19H,1,7-17H2,2-5H3. The SMILES string of the molecule is C=CCCN(CCC)CCC1COC2(CCC(C(C)(C)C)CC2)O1. The van der Waals surface area contributed by atoms with E-state index in [0.717, 1.165) is 51.3 Å². The first kappa shape index (κ1) is 19.9. The van der Waals surface area contributed by atoms with E-state index in [4.69, 9.17) is 9.47 Å². The first-order chi connectivity index (χ1) is 11.4. The highest BCUT2D eigenvalue weighted by Crippen LogP contribution is 2.45. The summed E-state index contributed by atoms with van der Waals surface area (Å²) in [5.74, 6) is 0.539. The highest BCUT2D eigenvalue weighted by atomic mass is 16.7. The summed E-state index contributed by atoms with van der Waals surface area (Å²) in [6, 6.07) is 0. The van der Waals surface area contributed by atoms with Crippen molar-refractivity contribution in [2.75, 3.05) is 26.2 Å². The van der Waals surface area contributed by atoms with Gasteiger partial charge in [-0.1, -0.05) is 33.8 Å². The molecule has 0 radical (unpaired) electrons. The van der Waals surface area contributed by atoms with Gasteiger partial charge in [-0.25, -0.2) is 0 Å². The minimum Gasteiger partial charge on any atom is -0.347 e. The third-order valence-corrected chi connectivity index (χ3v) is 5.84. The van der Waals surface area contributed by atoms with Crippen molar-refractivity contribution in [2.45, 2.75) is 84.5 Å². The maximum atomic E-state index is 6.41. The van der Waals surface area contributed by atoms with Gasteiger partial charge in [0.2, 0.25) is 0 Å². The van der Waals surface area contributed by atoms with Crippen LogP contribution in [0.3, 0.4) is 0 Å². The number of rotatable bonds is 8. The Morgan fingerprint density at radius 1 is 1.17 bits per heavy atom. The zero-order valence-corrected chi connectivity index (χ0v) is 16.5. The van der Waals surface area contributed by atoms with Crippen LogP contribution >= 0.6 is 0 Å². The highest BCUT2D eigenvalue weighted by molar-refractivity contribution is 4.89. The maximum absolute atomic E-state index is 6.41. The average molecular weight is 338 g/mol. The molecule has 0 bridgehead atoms. The molecule has 2 fully saturated rings. The van der Waals surface area contributed by atoms with Gasteiger partial charge in [-0.2, -0.15) is 0 Å². The van der Waals surface area contributed by atoms with Crippen molar-refractivity contribution in [3.05, 3.63) is 12.7 Å². The molecule has 1 spiro atoms. The van der Waals surface area contributed by atoms with Crippen molar-refractivity contribution in [3.63, 3.8) is 0 Å². The molecule has 1 unspecified atom stereocenters. The van der Waals surface area contributed by atoms with E-state index >= 15 is 0 Å². The smallest absolute Gasteiger partial charge is 0.168 e. The second kappa shape index (κ2) is 8.82. The first-order valence-corrected chi connectivity index (χ1v) is 10.0. The van der Waals surface area contributed by atoms with Gasteiger partial charge in [-0.05, 0) is 50.0 Å². The fraction of sp³-hybridized carbons (Fsp3) is 0.905. The van der Waals surface area contributed by atoms with Crippen LogP contribution < -0.4 is 0 Å². The van der Waals surface area contributed by atoms with Crippen molar-refractivity contribution in [1.82, 2.24) is 4.90 Å². The lowest BCUT2D eigenvalue weighted by molar-refractivity contribution is -0.197. The van der Waals surface area contributed by atoms with Crippen molar-refractivity contribution in [2.24, 2.45) is 11.3 Å². The Hall–Kier alpha value is -0.380. The molecule has 140 valence electrons. The minimum atomic E-state index is -0.261. The monoisotopic (exact) mass is 337 g/mol. The predicted molar refractivity (Wildman–Crippen MR) is 101 cm³/mol. The van der Waals surface area contributed by atoms with Crippen molar-refractivity contribution >= 4 is 0 Å². The van der Waals surface area contributed by atoms with Gasteiger partial charge in [0, 0.05) is 25.9 Å². The molecule has 1 aliphatic carbocycles. The van der Waals surface area contributed by atoms with Gasteiger partial charge in [0.15, 0.2) is 5.79 Å². The van der Waals surface area contributed by atoms with Gasteiger partial charge >= 0.3 is 0 Å². The summed E-state index contributed by atoms with van der Waals surface area (Å²) >= 11 is 0. The Balaban J connectivity index is 1.75. The van der Waals surface area contributed by atoms with Crippen molar-refractivity contribution in [1.29, 1.82) is 0 Å². The highest BCUT2D eigenvalue weighted by Gasteiger charge is 2.45. The largest absolute Gasteiger partial charge is 0.347 e. The van der Waals surface area contributed by atoms with Crippen LogP contribution in [0.5, 0.6) is 0 Å². The number of hydrogen-bond donors (Lipinski definition) is 0. The summed E-state index contributed by atoms with van der Waals surface area (Å²) in [4.78, 5) is 2.53. The summed E-state index contributed by atoms with van der Waals surface area (Å²) in [6.07, 6.45) is 10.3. The third-order valence-electron chi connectivity index (χ3n) is 5.84. The number of ether oxygens (including phenoxy) is 2. The van der Waals surface area contributed by atoms with Crippen molar-refractivity contribution in [3.8, 4) is 0 Å². The molecule has 0 N–H and O–H groups in total. The van der Waals surface area contributed by atoms with Gasteiger partial charge in [0.05, 0.1) is 12.7 Å². The zero-order valence-electron chi connectivity index (χ0n) is 16.5. The molecular formula is C21H39NO2. The number of hydrogen-bond acceptors (Lipinski definition) is 3. The lowest BCUT2D eigenvalue weighted by atomic mass is 9.71. The molecule has 1 saturated heterocycles. The van der Waals surface area contributed by atoms with Gasteiger partial charge in [-0.3, -0.25) is 0 Å². The molecule has 3 heteroatoms. The molecule has 1 heterocycles. The molecule has 24 heavy (non-hydrogen) atoms. The molecule has 0 amide bonds. The Labute approximate surface area is 149 Å². The van der Waals surface area contributed by atoms with Crippen LogP contribution in [-0.4, -0.2) is 43.0 Å². The van der Waals surface area contributed by atoms with Gasteiger partial charge in [0.25, 0.3) is 0 Å². The Morgan fingerprint density at radius 3 is 2.46 bits per heavy atom. The van der Waals surface area contributed by atoms with E-state index in [1.807, 2.05) is 6.08 Å². The van der Waals surface area contributed by atoms with Crippen LogP contribution in [-0.2, 0) is 9.47 Å². The van der Waals surface area contributed by atoms with E-state index in [1.165, 1.54) is 25.8 Å². The Bertz CT molecular complexity index is 380. The van der Waals surface area contributed by atoms with Crippen LogP contribution in [0.4, 0.5) is 0 Å². The Morgan fingerprint density at radius 2 is 1.88 bits per heavy atom. The lowest BCUT2D eigenvalue weighted by Gasteiger charge is -2.41. The predicted octanol–water partition coefficient (Wildman–Crippen LogP) is 5.01. The van der Waals surface area contributed by atoms with Crippen LogP contribution in [0.2, 0.25) is 0 Å². The van der Waals surface area contributed by atoms with Crippen LogP contribution in [0.1, 0.15) is 72.6 Å². The van der Waals surface area contributed by atoms with E-state index in [-0.39, 0.29) is 11.9 Å². The van der Waals surface area contributed by atoms with E-state index in [0.29, 0.717) is 5.41 Å². The Kier molecular flexibility index (Phi) is 7.33. The van der Waals surface area contributed by atoms with Gasteiger partial charge in [-0.15, -0.1) is 6.58 Å². The maximum Gasteiger partial charge on any atom is 0.168 e. The van der Waals surface area contributed by atoms with Gasteiger partial charge in [0.1, 0.15) is 0 Å².